The SMILES string of the molecule is O=C(C1CCCCC1)N1CCc2cc(CN3CCCN(C4CCC4)CC3)ccc2C1. The van der Waals surface area contributed by atoms with Gasteiger partial charge in [-0.3, -0.25) is 14.6 Å². The minimum absolute atomic E-state index is 0.294. The predicted octanol–water partition coefficient (Wildman–Crippen LogP) is 4.21. The summed E-state index contributed by atoms with van der Waals surface area (Å²) in [6, 6.07) is 7.95. The number of hydrogen-bond donors (Lipinski definition) is 0. The monoisotopic (exact) mass is 409 g/mol. The molecular formula is C26H39N3O. The molecule has 4 nitrogen and oxygen atoms in total. The third-order valence-corrected chi connectivity index (χ3v) is 8.17. The van der Waals surface area contributed by atoms with E-state index in [1.165, 1.54) is 87.8 Å². The summed E-state index contributed by atoms with van der Waals surface area (Å²) in [4.78, 5) is 20.5. The van der Waals surface area contributed by atoms with Gasteiger partial charge in [0.05, 0.1) is 0 Å². The van der Waals surface area contributed by atoms with Crippen molar-refractivity contribution in [2.45, 2.75) is 83.3 Å². The van der Waals surface area contributed by atoms with E-state index >= 15 is 0 Å². The molecule has 0 atom stereocenters. The maximum absolute atomic E-state index is 12.9. The van der Waals surface area contributed by atoms with Crippen molar-refractivity contribution in [3.63, 3.8) is 0 Å². The molecule has 0 unspecified atom stereocenters. The highest BCUT2D eigenvalue weighted by atomic mass is 16.2. The Kier molecular flexibility index (Phi) is 6.42. The lowest BCUT2D eigenvalue weighted by molar-refractivity contribution is -0.137. The van der Waals surface area contributed by atoms with Crippen molar-refractivity contribution in [2.24, 2.45) is 5.92 Å². The smallest absolute Gasteiger partial charge is 0.225 e. The van der Waals surface area contributed by atoms with Crippen LogP contribution in [0.1, 0.15) is 74.5 Å². The van der Waals surface area contributed by atoms with Gasteiger partial charge in [-0.05, 0) is 68.3 Å². The minimum atomic E-state index is 0.294. The van der Waals surface area contributed by atoms with E-state index in [4.69, 9.17) is 0 Å². The van der Waals surface area contributed by atoms with Crippen LogP contribution >= 0.6 is 0 Å². The van der Waals surface area contributed by atoms with Crippen LogP contribution < -0.4 is 0 Å². The molecule has 0 aromatic heterocycles. The number of carbonyl (C=O) groups excluding carboxylic acids is 1. The Morgan fingerprint density at radius 1 is 0.833 bits per heavy atom. The molecule has 0 N–H and O–H groups in total. The predicted molar refractivity (Wildman–Crippen MR) is 121 cm³/mol. The van der Waals surface area contributed by atoms with Gasteiger partial charge in [-0.25, -0.2) is 0 Å². The number of rotatable bonds is 4. The number of nitrogens with zero attached hydrogens (tertiary/aromatic N) is 3. The van der Waals surface area contributed by atoms with Crippen LogP contribution in [0, 0.1) is 5.92 Å². The molecule has 4 aliphatic rings. The van der Waals surface area contributed by atoms with E-state index in [-0.39, 0.29) is 0 Å². The van der Waals surface area contributed by atoms with Crippen LogP contribution in [-0.2, 0) is 24.3 Å². The van der Waals surface area contributed by atoms with E-state index < -0.39 is 0 Å². The minimum Gasteiger partial charge on any atom is -0.338 e. The second-order valence-electron chi connectivity index (χ2n) is 10.2. The lowest BCUT2D eigenvalue weighted by Gasteiger charge is -2.36. The van der Waals surface area contributed by atoms with Gasteiger partial charge in [0, 0.05) is 44.7 Å². The molecule has 1 aromatic rings. The van der Waals surface area contributed by atoms with E-state index in [2.05, 4.69) is 32.9 Å². The Hall–Kier alpha value is -1.39. The summed E-state index contributed by atoms with van der Waals surface area (Å²) in [5.74, 6) is 0.715. The fourth-order valence-corrected chi connectivity index (χ4v) is 6.02. The molecule has 2 aliphatic carbocycles. The average Bonchev–Trinajstić information content (AvgIpc) is 2.98. The molecule has 2 aliphatic heterocycles. The number of carbonyl (C=O) groups is 1. The molecule has 3 fully saturated rings. The third-order valence-electron chi connectivity index (χ3n) is 8.17. The van der Waals surface area contributed by atoms with Crippen molar-refractivity contribution in [1.82, 2.24) is 14.7 Å². The molecule has 4 heteroatoms. The van der Waals surface area contributed by atoms with Gasteiger partial charge >= 0.3 is 0 Å². The fourth-order valence-electron chi connectivity index (χ4n) is 6.02. The first-order valence-electron chi connectivity index (χ1n) is 12.6. The number of hydrogen-bond acceptors (Lipinski definition) is 3. The Bertz CT molecular complexity index is 738. The maximum Gasteiger partial charge on any atom is 0.225 e. The zero-order valence-electron chi connectivity index (χ0n) is 18.7. The second kappa shape index (κ2) is 9.40. The van der Waals surface area contributed by atoms with Crippen LogP contribution in [0.5, 0.6) is 0 Å². The fraction of sp³-hybridized carbons (Fsp3) is 0.731. The molecule has 1 saturated heterocycles. The van der Waals surface area contributed by atoms with E-state index in [9.17, 15) is 4.79 Å². The molecule has 1 aromatic carbocycles. The van der Waals surface area contributed by atoms with Gasteiger partial charge in [0.15, 0.2) is 0 Å². The molecule has 0 spiro atoms. The third kappa shape index (κ3) is 4.60. The zero-order valence-corrected chi connectivity index (χ0v) is 18.7. The number of amides is 1. The van der Waals surface area contributed by atoms with Crippen LogP contribution in [0.4, 0.5) is 0 Å². The van der Waals surface area contributed by atoms with E-state index in [0.29, 0.717) is 11.8 Å². The summed E-state index contributed by atoms with van der Waals surface area (Å²) in [5, 5.41) is 0. The Morgan fingerprint density at radius 3 is 2.50 bits per heavy atom. The van der Waals surface area contributed by atoms with Gasteiger partial charge in [-0.15, -0.1) is 0 Å². The molecule has 0 radical (unpaired) electrons. The highest BCUT2D eigenvalue weighted by molar-refractivity contribution is 5.79. The van der Waals surface area contributed by atoms with E-state index in [0.717, 1.165) is 44.9 Å². The molecule has 30 heavy (non-hydrogen) atoms. The van der Waals surface area contributed by atoms with Gasteiger partial charge in [-0.2, -0.15) is 0 Å². The number of benzene rings is 1. The van der Waals surface area contributed by atoms with Gasteiger partial charge in [0.2, 0.25) is 5.91 Å². The molecular weight excluding hydrogens is 370 g/mol. The van der Waals surface area contributed by atoms with Gasteiger partial charge in [0.25, 0.3) is 0 Å². The Balaban J connectivity index is 1.17. The second-order valence-corrected chi connectivity index (χ2v) is 10.2. The molecule has 2 heterocycles. The molecule has 164 valence electrons. The van der Waals surface area contributed by atoms with Crippen molar-refractivity contribution in [3.8, 4) is 0 Å². The Morgan fingerprint density at radius 2 is 1.70 bits per heavy atom. The van der Waals surface area contributed by atoms with Gasteiger partial charge < -0.3 is 4.90 Å². The standard InChI is InChI=1S/C26H39N3O/c30-26(22-6-2-1-3-7-22)29-15-12-23-18-21(10-11-24(23)20-29)19-27-13-5-14-28(17-16-27)25-8-4-9-25/h10-11,18,22,25H,1-9,12-17,19-20H2. The van der Waals surface area contributed by atoms with Crippen LogP contribution in [0.25, 0.3) is 0 Å². The first-order valence-corrected chi connectivity index (χ1v) is 12.6. The molecule has 0 bridgehead atoms. The normalized spacial score (nSPS) is 24.9. The first-order chi connectivity index (χ1) is 14.8. The van der Waals surface area contributed by atoms with Crippen LogP contribution in [-0.4, -0.2) is 59.4 Å². The van der Waals surface area contributed by atoms with Crippen molar-refractivity contribution in [2.75, 3.05) is 32.7 Å². The van der Waals surface area contributed by atoms with Gasteiger partial charge in [0.1, 0.15) is 0 Å². The van der Waals surface area contributed by atoms with Crippen molar-refractivity contribution in [1.29, 1.82) is 0 Å². The molecule has 1 amide bonds. The summed E-state index contributed by atoms with van der Waals surface area (Å²) in [7, 11) is 0. The summed E-state index contributed by atoms with van der Waals surface area (Å²) in [5.41, 5.74) is 4.31. The summed E-state index contributed by atoms with van der Waals surface area (Å²) >= 11 is 0. The van der Waals surface area contributed by atoms with E-state index in [1.54, 1.807) is 0 Å². The highest BCUT2D eigenvalue weighted by Crippen LogP contribution is 2.29. The summed E-state index contributed by atoms with van der Waals surface area (Å²) in [6.07, 6.45) is 12.6. The first kappa shape index (κ1) is 20.5. The topological polar surface area (TPSA) is 26.8 Å². The largest absolute Gasteiger partial charge is 0.338 e. The quantitative estimate of drug-likeness (QED) is 0.745. The van der Waals surface area contributed by atoms with Crippen LogP contribution in [0.15, 0.2) is 18.2 Å². The zero-order chi connectivity index (χ0) is 20.3. The lowest BCUT2D eigenvalue weighted by atomic mass is 9.87. The highest BCUT2D eigenvalue weighted by Gasteiger charge is 2.29. The van der Waals surface area contributed by atoms with Crippen molar-refractivity contribution in [3.05, 3.63) is 34.9 Å². The average molecular weight is 410 g/mol. The Labute approximate surface area is 182 Å². The maximum atomic E-state index is 12.9. The molecule has 2 saturated carbocycles. The lowest BCUT2D eigenvalue weighted by Crippen LogP contribution is -2.42. The van der Waals surface area contributed by atoms with Crippen molar-refractivity contribution < 1.29 is 4.79 Å². The van der Waals surface area contributed by atoms with Crippen LogP contribution in [0.2, 0.25) is 0 Å². The number of fused-ring (bicyclic) bond motifs is 1. The molecule has 5 rings (SSSR count). The van der Waals surface area contributed by atoms with E-state index in [1.807, 2.05) is 0 Å². The summed E-state index contributed by atoms with van der Waals surface area (Å²) in [6.45, 7) is 7.78. The van der Waals surface area contributed by atoms with Gasteiger partial charge in [-0.1, -0.05) is 43.9 Å². The van der Waals surface area contributed by atoms with Crippen molar-refractivity contribution >= 4 is 5.91 Å². The van der Waals surface area contributed by atoms with Crippen LogP contribution in [0.3, 0.4) is 0 Å². The summed E-state index contributed by atoms with van der Waals surface area (Å²) < 4.78 is 0.